The molecule has 0 radical (unpaired) electrons. The predicted octanol–water partition coefficient (Wildman–Crippen LogP) is 2.63. The van der Waals surface area contributed by atoms with E-state index in [2.05, 4.69) is 25.9 Å². The average molecular weight is 340 g/mol. The van der Waals surface area contributed by atoms with E-state index in [1.807, 2.05) is 24.3 Å². The molecule has 2 aromatic rings. The Labute approximate surface area is 124 Å². The van der Waals surface area contributed by atoms with E-state index in [4.69, 9.17) is 5.73 Å². The maximum atomic E-state index is 11.4. The summed E-state index contributed by atoms with van der Waals surface area (Å²) in [7, 11) is 0. The van der Waals surface area contributed by atoms with Gasteiger partial charge in [-0.05, 0) is 18.6 Å². The van der Waals surface area contributed by atoms with Gasteiger partial charge in [0.05, 0.1) is 5.25 Å². The SMILES string of the molecule is Cc1cc(=O)[nH]c(SC(CN)c2ccccc2Br)n1. The first-order valence-corrected chi connectivity index (χ1v) is 7.46. The third-order valence-corrected chi connectivity index (χ3v) is 4.44. The molecule has 1 aromatic heterocycles. The smallest absolute Gasteiger partial charge is 0.251 e. The van der Waals surface area contributed by atoms with E-state index in [0.717, 1.165) is 10.0 Å². The van der Waals surface area contributed by atoms with Crippen molar-refractivity contribution < 1.29 is 0 Å². The van der Waals surface area contributed by atoms with Gasteiger partial charge in [-0.2, -0.15) is 0 Å². The highest BCUT2D eigenvalue weighted by Gasteiger charge is 2.15. The second-order valence-electron chi connectivity index (χ2n) is 4.06. The first-order chi connectivity index (χ1) is 9.10. The number of benzene rings is 1. The van der Waals surface area contributed by atoms with E-state index < -0.39 is 0 Å². The van der Waals surface area contributed by atoms with Crippen molar-refractivity contribution in [3.63, 3.8) is 0 Å². The zero-order valence-electron chi connectivity index (χ0n) is 10.4. The van der Waals surface area contributed by atoms with Gasteiger partial charge in [0, 0.05) is 22.8 Å². The first kappa shape index (κ1) is 14.3. The minimum absolute atomic E-state index is 0.0422. The molecule has 0 aliphatic carbocycles. The second-order valence-corrected chi connectivity index (χ2v) is 6.10. The van der Waals surface area contributed by atoms with Gasteiger partial charge in [0.15, 0.2) is 5.16 Å². The Morgan fingerprint density at radius 1 is 1.47 bits per heavy atom. The van der Waals surface area contributed by atoms with Gasteiger partial charge in [0.1, 0.15) is 0 Å². The van der Waals surface area contributed by atoms with Crippen LogP contribution in [0.2, 0.25) is 0 Å². The topological polar surface area (TPSA) is 71.8 Å². The van der Waals surface area contributed by atoms with Crippen molar-refractivity contribution in [1.29, 1.82) is 0 Å². The Morgan fingerprint density at radius 2 is 2.21 bits per heavy atom. The van der Waals surface area contributed by atoms with Crippen molar-refractivity contribution in [3.05, 3.63) is 56.4 Å². The molecule has 0 aliphatic heterocycles. The third-order valence-electron chi connectivity index (χ3n) is 2.57. The van der Waals surface area contributed by atoms with Crippen LogP contribution in [0.1, 0.15) is 16.5 Å². The standard InChI is InChI=1S/C13H14BrN3OS/c1-8-6-12(18)17-13(16-8)19-11(7-15)9-4-2-3-5-10(9)14/h2-6,11H,7,15H2,1H3,(H,16,17,18). The summed E-state index contributed by atoms with van der Waals surface area (Å²) in [5.41, 5.74) is 7.49. The summed E-state index contributed by atoms with van der Waals surface area (Å²) in [4.78, 5) is 18.5. The zero-order valence-corrected chi connectivity index (χ0v) is 12.8. The van der Waals surface area contributed by atoms with Gasteiger partial charge in [-0.15, -0.1) is 0 Å². The van der Waals surface area contributed by atoms with Gasteiger partial charge < -0.3 is 10.7 Å². The highest BCUT2D eigenvalue weighted by molar-refractivity contribution is 9.10. The van der Waals surface area contributed by atoms with Crippen LogP contribution in [0.4, 0.5) is 0 Å². The van der Waals surface area contributed by atoms with Crippen molar-refractivity contribution in [2.45, 2.75) is 17.3 Å². The normalized spacial score (nSPS) is 12.4. The number of rotatable bonds is 4. The van der Waals surface area contributed by atoms with E-state index in [0.29, 0.717) is 17.4 Å². The molecule has 0 bridgehead atoms. The Kier molecular flexibility index (Phi) is 4.79. The Balaban J connectivity index is 2.29. The van der Waals surface area contributed by atoms with E-state index in [1.165, 1.54) is 17.8 Å². The summed E-state index contributed by atoms with van der Waals surface area (Å²) in [5.74, 6) is 0. The highest BCUT2D eigenvalue weighted by Crippen LogP contribution is 2.35. The quantitative estimate of drug-likeness (QED) is 0.663. The van der Waals surface area contributed by atoms with Crippen LogP contribution in [0.3, 0.4) is 0 Å². The average Bonchev–Trinajstić information content (AvgIpc) is 2.36. The summed E-state index contributed by atoms with van der Waals surface area (Å²) in [5, 5.41) is 0.636. The van der Waals surface area contributed by atoms with Crippen LogP contribution >= 0.6 is 27.7 Å². The van der Waals surface area contributed by atoms with Crippen molar-refractivity contribution in [2.75, 3.05) is 6.54 Å². The van der Waals surface area contributed by atoms with Gasteiger partial charge in [-0.1, -0.05) is 45.9 Å². The molecule has 0 spiro atoms. The van der Waals surface area contributed by atoms with Crippen LogP contribution in [-0.2, 0) is 0 Å². The van der Waals surface area contributed by atoms with Crippen molar-refractivity contribution in [2.24, 2.45) is 5.73 Å². The molecule has 1 unspecified atom stereocenters. The third kappa shape index (κ3) is 3.68. The monoisotopic (exact) mass is 339 g/mol. The molecule has 6 heteroatoms. The number of aromatic nitrogens is 2. The number of nitrogens with zero attached hydrogens (tertiary/aromatic N) is 1. The maximum Gasteiger partial charge on any atom is 0.251 e. The van der Waals surface area contributed by atoms with Crippen molar-refractivity contribution >= 4 is 27.7 Å². The molecule has 19 heavy (non-hydrogen) atoms. The number of hydrogen-bond donors (Lipinski definition) is 2. The van der Waals surface area contributed by atoms with Crippen LogP contribution in [0.15, 0.2) is 44.8 Å². The van der Waals surface area contributed by atoms with Crippen LogP contribution in [0.5, 0.6) is 0 Å². The zero-order chi connectivity index (χ0) is 13.8. The fourth-order valence-corrected chi connectivity index (χ4v) is 3.48. The number of nitrogens with one attached hydrogen (secondary N) is 1. The van der Waals surface area contributed by atoms with Gasteiger partial charge in [-0.3, -0.25) is 4.79 Å². The highest BCUT2D eigenvalue weighted by atomic mass is 79.9. The van der Waals surface area contributed by atoms with Gasteiger partial charge >= 0.3 is 0 Å². The molecule has 1 atom stereocenters. The lowest BCUT2D eigenvalue weighted by atomic mass is 10.1. The van der Waals surface area contributed by atoms with E-state index in [-0.39, 0.29) is 10.8 Å². The van der Waals surface area contributed by atoms with Gasteiger partial charge in [0.2, 0.25) is 0 Å². The van der Waals surface area contributed by atoms with Crippen molar-refractivity contribution in [3.8, 4) is 0 Å². The summed E-state index contributed by atoms with van der Waals surface area (Å²) >= 11 is 4.98. The molecule has 3 N–H and O–H groups in total. The van der Waals surface area contributed by atoms with Gasteiger partial charge in [0.25, 0.3) is 5.56 Å². The van der Waals surface area contributed by atoms with Crippen LogP contribution < -0.4 is 11.3 Å². The molecule has 1 aromatic carbocycles. The minimum atomic E-state index is -0.141. The molecule has 0 saturated heterocycles. The van der Waals surface area contributed by atoms with Crippen LogP contribution in [0.25, 0.3) is 0 Å². The summed E-state index contributed by atoms with van der Waals surface area (Å²) in [6, 6.07) is 9.39. The molecule has 0 fully saturated rings. The van der Waals surface area contributed by atoms with E-state index in [1.54, 1.807) is 6.92 Å². The van der Waals surface area contributed by atoms with Crippen LogP contribution in [0, 0.1) is 6.92 Å². The lowest BCUT2D eigenvalue weighted by Gasteiger charge is -2.15. The molecular weight excluding hydrogens is 326 g/mol. The lowest BCUT2D eigenvalue weighted by Crippen LogP contribution is -2.13. The summed E-state index contributed by atoms with van der Waals surface area (Å²) in [6.45, 7) is 2.26. The first-order valence-electron chi connectivity index (χ1n) is 5.79. The molecule has 2 rings (SSSR count). The molecule has 100 valence electrons. The molecule has 4 nitrogen and oxygen atoms in total. The largest absolute Gasteiger partial charge is 0.329 e. The molecule has 0 amide bonds. The fourth-order valence-electron chi connectivity index (χ4n) is 1.72. The number of H-pyrrole nitrogens is 1. The van der Waals surface area contributed by atoms with Gasteiger partial charge in [-0.25, -0.2) is 4.98 Å². The lowest BCUT2D eigenvalue weighted by molar-refractivity contribution is 0.878. The molecule has 0 aliphatic rings. The summed E-state index contributed by atoms with van der Waals surface area (Å²) < 4.78 is 1.01. The second kappa shape index (κ2) is 6.36. The fraction of sp³-hybridized carbons (Fsp3) is 0.231. The predicted molar refractivity (Wildman–Crippen MR) is 81.4 cm³/mol. The number of thioether (sulfide) groups is 1. The number of nitrogens with two attached hydrogens (primary N) is 1. The minimum Gasteiger partial charge on any atom is -0.329 e. The number of hydrogen-bond acceptors (Lipinski definition) is 4. The molecule has 1 heterocycles. The van der Waals surface area contributed by atoms with Crippen molar-refractivity contribution in [1.82, 2.24) is 9.97 Å². The van der Waals surface area contributed by atoms with E-state index >= 15 is 0 Å². The number of aryl methyl sites for hydroxylation is 1. The Bertz CT molecular complexity index is 629. The molecule has 0 saturated carbocycles. The summed E-state index contributed by atoms with van der Waals surface area (Å²) in [6.07, 6.45) is 0. The Morgan fingerprint density at radius 3 is 2.84 bits per heavy atom. The maximum absolute atomic E-state index is 11.4. The Hall–Kier alpha value is -1.11. The number of aromatic amines is 1. The number of halogens is 1. The van der Waals surface area contributed by atoms with Crippen LogP contribution in [-0.4, -0.2) is 16.5 Å². The van der Waals surface area contributed by atoms with E-state index in [9.17, 15) is 4.79 Å². The molecular formula is C13H14BrN3OS.